The summed E-state index contributed by atoms with van der Waals surface area (Å²) in [5, 5.41) is 3.62. The number of thioether (sulfide) groups is 1. The Morgan fingerprint density at radius 2 is 2.14 bits per heavy atom. The lowest BCUT2D eigenvalue weighted by Crippen LogP contribution is -2.34. The summed E-state index contributed by atoms with van der Waals surface area (Å²) in [7, 11) is 0. The number of rotatable bonds is 8. The summed E-state index contributed by atoms with van der Waals surface area (Å²) in [6, 6.07) is 0.779. The van der Waals surface area contributed by atoms with E-state index in [0.29, 0.717) is 0 Å². The summed E-state index contributed by atoms with van der Waals surface area (Å²) < 4.78 is 0. The van der Waals surface area contributed by atoms with Gasteiger partial charge in [0.1, 0.15) is 0 Å². The van der Waals surface area contributed by atoms with Crippen LogP contribution in [0.4, 0.5) is 0 Å². The number of hydrogen-bond donors (Lipinski definition) is 1. The van der Waals surface area contributed by atoms with Gasteiger partial charge in [-0.05, 0) is 31.1 Å². The molecule has 1 aliphatic carbocycles. The molecule has 1 N–H and O–H groups in total. The molecule has 0 saturated heterocycles. The Morgan fingerprint density at radius 3 is 2.64 bits per heavy atom. The Balaban J connectivity index is 2.09. The molecule has 14 heavy (non-hydrogen) atoms. The molecule has 0 radical (unpaired) electrons. The van der Waals surface area contributed by atoms with Crippen LogP contribution in [0, 0.1) is 5.92 Å². The summed E-state index contributed by atoms with van der Waals surface area (Å²) in [6.07, 6.45) is 7.18. The van der Waals surface area contributed by atoms with Crippen molar-refractivity contribution >= 4 is 11.8 Å². The Labute approximate surface area is 93.4 Å². The van der Waals surface area contributed by atoms with E-state index < -0.39 is 0 Å². The molecule has 1 nitrogen and oxygen atoms in total. The Morgan fingerprint density at radius 1 is 1.36 bits per heavy atom. The first kappa shape index (κ1) is 12.4. The Kier molecular flexibility index (Phi) is 6.70. The SMILES string of the molecule is CCCSCC(CC1CCC1)NCC. The first-order valence-electron chi connectivity index (χ1n) is 6.18. The minimum atomic E-state index is 0.779. The second-order valence-electron chi connectivity index (χ2n) is 4.36. The normalized spacial score (nSPS) is 19.3. The van der Waals surface area contributed by atoms with Crippen LogP contribution in [0.5, 0.6) is 0 Å². The van der Waals surface area contributed by atoms with Crippen LogP contribution in [0.1, 0.15) is 46.0 Å². The van der Waals surface area contributed by atoms with Crippen LogP contribution < -0.4 is 5.32 Å². The predicted octanol–water partition coefficient (Wildman–Crippen LogP) is 3.30. The smallest absolute Gasteiger partial charge is 0.0160 e. The van der Waals surface area contributed by atoms with Crippen molar-refractivity contribution in [1.29, 1.82) is 0 Å². The van der Waals surface area contributed by atoms with Gasteiger partial charge in [0.25, 0.3) is 0 Å². The number of nitrogens with one attached hydrogen (secondary N) is 1. The molecule has 0 aromatic rings. The molecule has 1 atom stereocenters. The second kappa shape index (κ2) is 7.58. The molecular formula is C12H25NS. The Bertz CT molecular complexity index is 134. The molecule has 1 rings (SSSR count). The quantitative estimate of drug-likeness (QED) is 0.624. The van der Waals surface area contributed by atoms with E-state index in [9.17, 15) is 0 Å². The van der Waals surface area contributed by atoms with Gasteiger partial charge in [-0.2, -0.15) is 11.8 Å². The number of hydrogen-bond acceptors (Lipinski definition) is 2. The summed E-state index contributed by atoms with van der Waals surface area (Å²) in [5.74, 6) is 3.69. The van der Waals surface area contributed by atoms with Crippen LogP contribution in [0.15, 0.2) is 0 Å². The molecule has 0 aliphatic heterocycles. The molecular weight excluding hydrogens is 190 g/mol. The highest BCUT2D eigenvalue weighted by Gasteiger charge is 2.21. The maximum absolute atomic E-state index is 3.62. The molecule has 1 unspecified atom stereocenters. The first-order chi connectivity index (χ1) is 6.86. The average molecular weight is 215 g/mol. The molecule has 1 fully saturated rings. The minimum absolute atomic E-state index is 0.779. The van der Waals surface area contributed by atoms with Crippen LogP contribution in [-0.2, 0) is 0 Å². The van der Waals surface area contributed by atoms with Gasteiger partial charge < -0.3 is 5.32 Å². The standard InChI is InChI=1S/C12H25NS/c1-3-8-14-10-12(13-4-2)9-11-6-5-7-11/h11-13H,3-10H2,1-2H3. The van der Waals surface area contributed by atoms with Gasteiger partial charge in [0, 0.05) is 11.8 Å². The molecule has 1 saturated carbocycles. The molecule has 84 valence electrons. The zero-order chi connectivity index (χ0) is 10.2. The lowest BCUT2D eigenvalue weighted by atomic mass is 9.81. The second-order valence-corrected chi connectivity index (χ2v) is 5.51. The van der Waals surface area contributed by atoms with Crippen LogP contribution in [0.25, 0.3) is 0 Å². The van der Waals surface area contributed by atoms with E-state index in [2.05, 4.69) is 30.9 Å². The maximum Gasteiger partial charge on any atom is 0.0160 e. The molecule has 0 amide bonds. The van der Waals surface area contributed by atoms with E-state index in [1.54, 1.807) is 0 Å². The predicted molar refractivity (Wildman–Crippen MR) is 67.0 cm³/mol. The van der Waals surface area contributed by atoms with Gasteiger partial charge in [0.15, 0.2) is 0 Å². The minimum Gasteiger partial charge on any atom is -0.313 e. The monoisotopic (exact) mass is 215 g/mol. The molecule has 2 heteroatoms. The summed E-state index contributed by atoms with van der Waals surface area (Å²) in [6.45, 7) is 5.61. The summed E-state index contributed by atoms with van der Waals surface area (Å²) in [4.78, 5) is 0. The molecule has 0 bridgehead atoms. The fraction of sp³-hybridized carbons (Fsp3) is 1.00. The molecule has 0 aromatic carbocycles. The zero-order valence-corrected chi connectivity index (χ0v) is 10.5. The van der Waals surface area contributed by atoms with Gasteiger partial charge in [-0.25, -0.2) is 0 Å². The van der Waals surface area contributed by atoms with Gasteiger partial charge in [0.05, 0.1) is 0 Å². The van der Waals surface area contributed by atoms with Crippen molar-refractivity contribution in [2.45, 2.75) is 52.0 Å². The highest BCUT2D eigenvalue weighted by Crippen LogP contribution is 2.31. The fourth-order valence-electron chi connectivity index (χ4n) is 2.00. The van der Waals surface area contributed by atoms with Crippen LogP contribution in [0.3, 0.4) is 0 Å². The van der Waals surface area contributed by atoms with E-state index in [1.807, 2.05) is 0 Å². The lowest BCUT2D eigenvalue weighted by Gasteiger charge is -2.30. The van der Waals surface area contributed by atoms with E-state index in [1.165, 1.54) is 43.6 Å². The van der Waals surface area contributed by atoms with Gasteiger partial charge in [-0.1, -0.05) is 33.1 Å². The van der Waals surface area contributed by atoms with Crippen molar-refractivity contribution in [3.05, 3.63) is 0 Å². The van der Waals surface area contributed by atoms with Crippen LogP contribution in [0.2, 0.25) is 0 Å². The third-order valence-electron chi connectivity index (χ3n) is 3.00. The third kappa shape index (κ3) is 4.70. The first-order valence-corrected chi connectivity index (χ1v) is 7.33. The van der Waals surface area contributed by atoms with Crippen molar-refractivity contribution in [2.24, 2.45) is 5.92 Å². The van der Waals surface area contributed by atoms with Crippen LogP contribution in [-0.4, -0.2) is 24.1 Å². The summed E-state index contributed by atoms with van der Waals surface area (Å²) >= 11 is 2.12. The fourth-order valence-corrected chi connectivity index (χ4v) is 2.99. The zero-order valence-electron chi connectivity index (χ0n) is 9.72. The average Bonchev–Trinajstić information content (AvgIpc) is 2.11. The van der Waals surface area contributed by atoms with Crippen LogP contribution >= 0.6 is 11.8 Å². The molecule has 0 heterocycles. The van der Waals surface area contributed by atoms with Crippen molar-refractivity contribution in [2.75, 3.05) is 18.1 Å². The largest absolute Gasteiger partial charge is 0.313 e. The van der Waals surface area contributed by atoms with E-state index >= 15 is 0 Å². The van der Waals surface area contributed by atoms with Gasteiger partial charge in [-0.15, -0.1) is 0 Å². The van der Waals surface area contributed by atoms with Crippen molar-refractivity contribution in [3.8, 4) is 0 Å². The van der Waals surface area contributed by atoms with Crippen molar-refractivity contribution in [1.82, 2.24) is 5.32 Å². The molecule has 0 spiro atoms. The maximum atomic E-state index is 3.62. The molecule has 1 aliphatic rings. The van der Waals surface area contributed by atoms with Crippen molar-refractivity contribution in [3.63, 3.8) is 0 Å². The van der Waals surface area contributed by atoms with Gasteiger partial charge in [-0.3, -0.25) is 0 Å². The van der Waals surface area contributed by atoms with E-state index in [0.717, 1.165) is 18.5 Å². The Hall–Kier alpha value is 0.310. The highest BCUT2D eigenvalue weighted by atomic mass is 32.2. The van der Waals surface area contributed by atoms with Gasteiger partial charge in [0.2, 0.25) is 0 Å². The highest BCUT2D eigenvalue weighted by molar-refractivity contribution is 7.99. The topological polar surface area (TPSA) is 12.0 Å². The lowest BCUT2D eigenvalue weighted by molar-refractivity contribution is 0.269. The van der Waals surface area contributed by atoms with Crippen molar-refractivity contribution < 1.29 is 0 Å². The van der Waals surface area contributed by atoms with E-state index in [4.69, 9.17) is 0 Å². The third-order valence-corrected chi connectivity index (χ3v) is 4.34. The van der Waals surface area contributed by atoms with E-state index in [-0.39, 0.29) is 0 Å². The van der Waals surface area contributed by atoms with Gasteiger partial charge >= 0.3 is 0 Å². The summed E-state index contributed by atoms with van der Waals surface area (Å²) in [5.41, 5.74) is 0. The molecule has 0 aromatic heterocycles.